The fraction of sp³-hybridized carbons (Fsp3) is 0.333. The number of rotatable bonds is 7. The zero-order valence-corrected chi connectivity index (χ0v) is 18.7. The summed E-state index contributed by atoms with van der Waals surface area (Å²) in [5, 5.41) is 3.03. The van der Waals surface area contributed by atoms with Crippen molar-refractivity contribution in [1.29, 1.82) is 0 Å². The number of primary amides is 1. The van der Waals surface area contributed by atoms with Crippen LogP contribution in [0.2, 0.25) is 5.02 Å². The van der Waals surface area contributed by atoms with Crippen molar-refractivity contribution in [3.63, 3.8) is 0 Å². The molecular formula is C21H25ClN4O4S. The third-order valence-corrected chi connectivity index (χ3v) is 6.03. The van der Waals surface area contributed by atoms with Gasteiger partial charge in [0.05, 0.1) is 17.0 Å². The first-order valence-corrected chi connectivity index (χ1v) is 12.1. The minimum atomic E-state index is -3.53. The Morgan fingerprint density at radius 2 is 1.87 bits per heavy atom. The van der Waals surface area contributed by atoms with Crippen LogP contribution in [0, 0.1) is 5.92 Å². The van der Waals surface area contributed by atoms with E-state index in [-0.39, 0.29) is 34.0 Å². The largest absolute Gasteiger partial charge is 0.369 e. The second-order valence-electron chi connectivity index (χ2n) is 7.68. The molecule has 1 aliphatic rings. The van der Waals surface area contributed by atoms with Crippen molar-refractivity contribution in [1.82, 2.24) is 4.90 Å². The number of nitrogens with two attached hydrogens (primary N) is 1. The Balaban J connectivity index is 1.65. The van der Waals surface area contributed by atoms with Gasteiger partial charge in [-0.1, -0.05) is 23.7 Å². The molecule has 0 saturated carbocycles. The number of carbonyl (C=O) groups is 2. The zero-order chi connectivity index (χ0) is 22.6. The number of nitrogens with one attached hydrogen (secondary N) is 2. The summed E-state index contributed by atoms with van der Waals surface area (Å²) in [6.07, 6.45) is 2.52. The molecule has 166 valence electrons. The number of hydrogen-bond donors (Lipinski definition) is 3. The van der Waals surface area contributed by atoms with Gasteiger partial charge >= 0.3 is 0 Å². The summed E-state index contributed by atoms with van der Waals surface area (Å²) < 4.78 is 25.3. The Bertz CT molecular complexity index is 1080. The molecule has 10 heteroatoms. The van der Waals surface area contributed by atoms with Gasteiger partial charge in [0.25, 0.3) is 5.91 Å². The van der Waals surface area contributed by atoms with Crippen LogP contribution in [0.25, 0.3) is 0 Å². The van der Waals surface area contributed by atoms with E-state index in [1.165, 1.54) is 18.2 Å². The van der Waals surface area contributed by atoms with Gasteiger partial charge in [-0.3, -0.25) is 19.2 Å². The molecule has 1 saturated heterocycles. The van der Waals surface area contributed by atoms with Crippen molar-refractivity contribution >= 4 is 44.8 Å². The molecule has 1 heterocycles. The van der Waals surface area contributed by atoms with E-state index >= 15 is 0 Å². The van der Waals surface area contributed by atoms with Crippen molar-refractivity contribution in [2.75, 3.05) is 29.4 Å². The number of nitrogens with zero attached hydrogens (tertiary/aromatic N) is 1. The molecule has 4 N–H and O–H groups in total. The molecule has 2 aromatic carbocycles. The van der Waals surface area contributed by atoms with E-state index in [9.17, 15) is 18.0 Å². The van der Waals surface area contributed by atoms with Crippen LogP contribution in [0.4, 0.5) is 11.4 Å². The molecule has 1 fully saturated rings. The Kier molecular flexibility index (Phi) is 7.19. The molecule has 0 radical (unpaired) electrons. The number of hydrogen-bond acceptors (Lipinski definition) is 5. The maximum Gasteiger partial charge on any atom is 0.255 e. The number of carbonyl (C=O) groups excluding carboxylic acids is 2. The minimum absolute atomic E-state index is 0.0525. The number of anilines is 2. The lowest BCUT2D eigenvalue weighted by Crippen LogP contribution is -2.38. The number of sulfonamides is 1. The van der Waals surface area contributed by atoms with Gasteiger partial charge in [-0.25, -0.2) is 8.42 Å². The molecule has 0 spiro atoms. The Hall–Kier alpha value is -2.62. The molecule has 0 aliphatic carbocycles. The van der Waals surface area contributed by atoms with Gasteiger partial charge in [0, 0.05) is 23.7 Å². The predicted octanol–water partition coefficient (Wildman–Crippen LogP) is 2.66. The first-order chi connectivity index (χ1) is 14.6. The number of amides is 2. The molecule has 2 amide bonds. The monoisotopic (exact) mass is 464 g/mol. The second kappa shape index (κ2) is 9.67. The Morgan fingerprint density at radius 1 is 1.16 bits per heavy atom. The molecule has 0 bridgehead atoms. The number of likely N-dealkylation sites (tertiary alicyclic amines) is 1. The summed E-state index contributed by atoms with van der Waals surface area (Å²) in [6, 6.07) is 11.9. The summed E-state index contributed by atoms with van der Waals surface area (Å²) in [4.78, 5) is 26.2. The molecule has 8 nitrogen and oxygen atoms in total. The zero-order valence-electron chi connectivity index (χ0n) is 17.1. The first-order valence-electron chi connectivity index (χ1n) is 9.80. The molecule has 0 atom stereocenters. The summed E-state index contributed by atoms with van der Waals surface area (Å²) >= 11 is 6.02. The highest BCUT2D eigenvalue weighted by Crippen LogP contribution is 2.25. The van der Waals surface area contributed by atoms with Crippen LogP contribution in [-0.4, -0.2) is 44.5 Å². The molecule has 31 heavy (non-hydrogen) atoms. The van der Waals surface area contributed by atoms with E-state index in [2.05, 4.69) is 14.9 Å². The third-order valence-electron chi connectivity index (χ3n) is 5.10. The maximum absolute atomic E-state index is 12.7. The van der Waals surface area contributed by atoms with Gasteiger partial charge in [-0.2, -0.15) is 0 Å². The predicted molar refractivity (Wildman–Crippen MR) is 122 cm³/mol. The van der Waals surface area contributed by atoms with Crippen LogP contribution in [-0.2, 0) is 21.4 Å². The Morgan fingerprint density at radius 3 is 2.52 bits per heavy atom. The first kappa shape index (κ1) is 23.1. The van der Waals surface area contributed by atoms with E-state index in [1.54, 1.807) is 6.07 Å². The number of halogens is 1. The average molecular weight is 465 g/mol. The van der Waals surface area contributed by atoms with Gasteiger partial charge in [-0.05, 0) is 61.8 Å². The van der Waals surface area contributed by atoms with Gasteiger partial charge in [0.1, 0.15) is 0 Å². The minimum Gasteiger partial charge on any atom is -0.369 e. The van der Waals surface area contributed by atoms with Crippen LogP contribution in [0.3, 0.4) is 0 Å². The van der Waals surface area contributed by atoms with Crippen LogP contribution in [0.1, 0.15) is 28.8 Å². The normalized spacial score (nSPS) is 15.4. The fourth-order valence-corrected chi connectivity index (χ4v) is 4.32. The van der Waals surface area contributed by atoms with Crippen LogP contribution >= 0.6 is 11.6 Å². The average Bonchev–Trinajstić information content (AvgIpc) is 2.69. The molecule has 0 aromatic heterocycles. The SMILES string of the molecule is CS(=O)(=O)Nc1cc(C(=O)Nc2cccc(CN3CCC(C(N)=O)CC3)c2)ccc1Cl. The van der Waals surface area contributed by atoms with E-state index < -0.39 is 10.0 Å². The lowest BCUT2D eigenvalue weighted by molar-refractivity contribution is -0.123. The molecule has 1 aliphatic heterocycles. The van der Waals surface area contributed by atoms with Gasteiger partial charge < -0.3 is 11.1 Å². The van der Waals surface area contributed by atoms with Crippen molar-refractivity contribution < 1.29 is 18.0 Å². The highest BCUT2D eigenvalue weighted by atomic mass is 35.5. The quantitative estimate of drug-likeness (QED) is 0.581. The summed E-state index contributed by atoms with van der Waals surface area (Å²) in [5.74, 6) is -0.669. The summed E-state index contributed by atoms with van der Waals surface area (Å²) in [5.41, 5.74) is 7.46. The van der Waals surface area contributed by atoms with E-state index in [0.717, 1.165) is 37.8 Å². The van der Waals surface area contributed by atoms with Gasteiger partial charge in [0.2, 0.25) is 15.9 Å². The molecule has 0 unspecified atom stereocenters. The van der Waals surface area contributed by atoms with Crippen molar-refractivity contribution in [2.24, 2.45) is 11.7 Å². The van der Waals surface area contributed by atoms with Crippen molar-refractivity contribution in [3.05, 3.63) is 58.6 Å². The number of piperidine rings is 1. The summed E-state index contributed by atoms with van der Waals surface area (Å²) in [7, 11) is -3.53. The van der Waals surface area contributed by atoms with E-state index in [4.69, 9.17) is 17.3 Å². The smallest absolute Gasteiger partial charge is 0.255 e. The lowest BCUT2D eigenvalue weighted by Gasteiger charge is -2.30. The highest BCUT2D eigenvalue weighted by molar-refractivity contribution is 7.92. The van der Waals surface area contributed by atoms with Crippen LogP contribution in [0.5, 0.6) is 0 Å². The van der Waals surface area contributed by atoms with Crippen LogP contribution < -0.4 is 15.8 Å². The molecule has 3 rings (SSSR count). The number of benzene rings is 2. The van der Waals surface area contributed by atoms with Gasteiger partial charge in [0.15, 0.2) is 0 Å². The lowest BCUT2D eigenvalue weighted by atomic mass is 9.96. The molecule has 2 aromatic rings. The second-order valence-corrected chi connectivity index (χ2v) is 9.83. The maximum atomic E-state index is 12.7. The van der Waals surface area contributed by atoms with Crippen molar-refractivity contribution in [2.45, 2.75) is 19.4 Å². The standard InChI is InChI=1S/C21H25ClN4O4S/c1-31(29,30)25-19-12-16(5-6-18(19)22)21(28)24-17-4-2-3-14(11-17)13-26-9-7-15(8-10-26)20(23)27/h2-6,11-12,15,25H,7-10,13H2,1H3,(H2,23,27)(H,24,28). The highest BCUT2D eigenvalue weighted by Gasteiger charge is 2.23. The van der Waals surface area contributed by atoms with Crippen LogP contribution in [0.15, 0.2) is 42.5 Å². The molecular weight excluding hydrogens is 440 g/mol. The fourth-order valence-electron chi connectivity index (χ4n) is 3.53. The Labute approximate surface area is 186 Å². The van der Waals surface area contributed by atoms with E-state index in [1.807, 2.05) is 18.2 Å². The van der Waals surface area contributed by atoms with E-state index in [0.29, 0.717) is 12.2 Å². The third kappa shape index (κ3) is 6.68. The topological polar surface area (TPSA) is 122 Å². The van der Waals surface area contributed by atoms with Gasteiger partial charge in [-0.15, -0.1) is 0 Å². The van der Waals surface area contributed by atoms with Crippen molar-refractivity contribution in [3.8, 4) is 0 Å². The summed E-state index contributed by atoms with van der Waals surface area (Å²) in [6.45, 7) is 2.30.